The first-order valence-electron chi connectivity index (χ1n) is 10.6. The summed E-state index contributed by atoms with van der Waals surface area (Å²) in [6, 6.07) is 0.493. The number of piperidine rings is 2. The summed E-state index contributed by atoms with van der Waals surface area (Å²) in [5.74, 6) is 1.38. The number of sulfonamides is 1. The minimum atomic E-state index is -3.05. The van der Waals surface area contributed by atoms with Gasteiger partial charge in [0, 0.05) is 45.3 Å². The zero-order chi connectivity index (χ0) is 19.7. The molecule has 2 rings (SSSR count). The van der Waals surface area contributed by atoms with Gasteiger partial charge in [-0.25, -0.2) is 12.7 Å². The molecule has 0 aromatic carbocycles. The molecule has 2 fully saturated rings. The van der Waals surface area contributed by atoms with E-state index in [4.69, 9.17) is 4.99 Å². The lowest BCUT2D eigenvalue weighted by molar-refractivity contribution is 0.203. The van der Waals surface area contributed by atoms with Crippen molar-refractivity contribution >= 4 is 16.0 Å². The molecule has 2 saturated heterocycles. The lowest BCUT2D eigenvalue weighted by atomic mass is 9.98. The molecule has 0 aromatic rings. The van der Waals surface area contributed by atoms with E-state index in [1.807, 2.05) is 0 Å². The zero-order valence-electron chi connectivity index (χ0n) is 17.4. The largest absolute Gasteiger partial charge is 0.357 e. The molecular weight excluding hydrogens is 362 g/mol. The van der Waals surface area contributed by atoms with E-state index in [9.17, 15) is 8.42 Å². The summed E-state index contributed by atoms with van der Waals surface area (Å²) in [4.78, 5) is 7.37. The van der Waals surface area contributed by atoms with Crippen LogP contribution in [0, 0.1) is 5.92 Å². The topological polar surface area (TPSA) is 77.0 Å². The average molecular weight is 402 g/mol. The van der Waals surface area contributed by atoms with E-state index >= 15 is 0 Å². The molecule has 0 spiro atoms. The predicted molar refractivity (Wildman–Crippen MR) is 113 cm³/mol. The van der Waals surface area contributed by atoms with Crippen LogP contribution in [0.2, 0.25) is 0 Å². The van der Waals surface area contributed by atoms with Crippen molar-refractivity contribution in [2.45, 2.75) is 58.4 Å². The molecule has 2 heterocycles. The highest BCUT2D eigenvalue weighted by Gasteiger charge is 2.25. The Morgan fingerprint density at radius 3 is 2.30 bits per heavy atom. The Labute approximate surface area is 166 Å². The van der Waals surface area contributed by atoms with Crippen LogP contribution in [0.3, 0.4) is 0 Å². The Hall–Kier alpha value is -0.860. The molecule has 158 valence electrons. The van der Waals surface area contributed by atoms with Crippen molar-refractivity contribution in [2.75, 3.05) is 52.1 Å². The number of likely N-dealkylation sites (tertiary alicyclic amines) is 1. The molecule has 2 N–H and O–H groups in total. The molecule has 27 heavy (non-hydrogen) atoms. The fourth-order valence-electron chi connectivity index (χ4n) is 3.84. The smallest absolute Gasteiger partial charge is 0.211 e. The van der Waals surface area contributed by atoms with E-state index in [1.165, 1.54) is 51.6 Å². The highest BCUT2D eigenvalue weighted by atomic mass is 32.2. The van der Waals surface area contributed by atoms with Gasteiger partial charge in [-0.15, -0.1) is 0 Å². The van der Waals surface area contributed by atoms with Crippen LogP contribution >= 0.6 is 0 Å². The van der Waals surface area contributed by atoms with Crippen molar-refractivity contribution in [3.05, 3.63) is 0 Å². The molecule has 0 saturated carbocycles. The van der Waals surface area contributed by atoms with E-state index in [0.717, 1.165) is 31.9 Å². The monoisotopic (exact) mass is 401 g/mol. The second-order valence-corrected chi connectivity index (χ2v) is 9.92. The van der Waals surface area contributed by atoms with Gasteiger partial charge in [-0.3, -0.25) is 4.99 Å². The molecule has 0 amide bonds. The Bertz CT molecular complexity index is 550. The van der Waals surface area contributed by atoms with E-state index in [-0.39, 0.29) is 0 Å². The van der Waals surface area contributed by atoms with Crippen LogP contribution in [0.5, 0.6) is 0 Å². The molecule has 8 heteroatoms. The Balaban J connectivity index is 1.76. The Kier molecular flexibility index (Phi) is 9.32. The lowest BCUT2D eigenvalue weighted by Crippen LogP contribution is -2.49. The molecule has 0 radical (unpaired) electrons. The van der Waals surface area contributed by atoms with Crippen LogP contribution in [0.25, 0.3) is 0 Å². The summed E-state index contributed by atoms with van der Waals surface area (Å²) < 4.78 is 24.8. The highest BCUT2D eigenvalue weighted by Crippen LogP contribution is 2.19. The molecular formula is C19H39N5O2S. The van der Waals surface area contributed by atoms with E-state index < -0.39 is 10.0 Å². The van der Waals surface area contributed by atoms with Crippen molar-refractivity contribution < 1.29 is 8.42 Å². The minimum absolute atomic E-state index is 0.467. The number of nitrogens with zero attached hydrogens (tertiary/aromatic N) is 3. The predicted octanol–water partition coefficient (Wildman–Crippen LogP) is 1.48. The standard InChI is InChI=1S/C19H39N5O2S/c1-4-6-11-23-12-9-18(10-13-23)22-19(20-5-2)21-16-17-7-14-24(15-8-17)27(3,25)26/h17-18H,4-16H2,1-3H3,(H2,20,21,22). The number of guanidine groups is 1. The first kappa shape index (κ1) is 22.4. The van der Waals surface area contributed by atoms with Gasteiger partial charge < -0.3 is 15.5 Å². The minimum Gasteiger partial charge on any atom is -0.357 e. The van der Waals surface area contributed by atoms with E-state index in [1.54, 1.807) is 4.31 Å². The third kappa shape index (κ3) is 7.95. The number of hydrogen-bond acceptors (Lipinski definition) is 4. The fraction of sp³-hybridized carbons (Fsp3) is 0.947. The molecule has 7 nitrogen and oxygen atoms in total. The molecule has 0 unspecified atom stereocenters. The lowest BCUT2D eigenvalue weighted by Gasteiger charge is -2.33. The maximum Gasteiger partial charge on any atom is 0.211 e. The number of nitrogens with one attached hydrogen (secondary N) is 2. The number of rotatable bonds is 8. The van der Waals surface area contributed by atoms with E-state index in [0.29, 0.717) is 25.0 Å². The SMILES string of the molecule is CCCCN1CCC(NC(=NCC2CCN(S(C)(=O)=O)CC2)NCC)CC1. The van der Waals surface area contributed by atoms with Crippen molar-refractivity contribution in [2.24, 2.45) is 10.9 Å². The summed E-state index contributed by atoms with van der Waals surface area (Å²) in [5.41, 5.74) is 0. The van der Waals surface area contributed by atoms with Gasteiger partial charge in [0.15, 0.2) is 5.96 Å². The van der Waals surface area contributed by atoms with Gasteiger partial charge in [0.1, 0.15) is 0 Å². The van der Waals surface area contributed by atoms with Crippen molar-refractivity contribution in [3.8, 4) is 0 Å². The fourth-order valence-corrected chi connectivity index (χ4v) is 4.71. The zero-order valence-corrected chi connectivity index (χ0v) is 18.2. The summed E-state index contributed by atoms with van der Waals surface area (Å²) >= 11 is 0. The van der Waals surface area contributed by atoms with E-state index in [2.05, 4.69) is 29.4 Å². The number of unbranched alkanes of at least 4 members (excludes halogenated alkanes) is 1. The summed E-state index contributed by atoms with van der Waals surface area (Å²) in [6.45, 7) is 10.8. The molecule has 2 aliphatic heterocycles. The Morgan fingerprint density at radius 1 is 1.07 bits per heavy atom. The molecule has 0 atom stereocenters. The van der Waals surface area contributed by atoms with Crippen LogP contribution in [-0.4, -0.2) is 81.7 Å². The van der Waals surface area contributed by atoms with Gasteiger partial charge in [0.2, 0.25) is 10.0 Å². The van der Waals surface area contributed by atoms with Crippen LogP contribution in [0.1, 0.15) is 52.4 Å². The third-order valence-corrected chi connectivity index (χ3v) is 6.95. The van der Waals surface area contributed by atoms with Gasteiger partial charge in [0.05, 0.1) is 6.26 Å². The second-order valence-electron chi connectivity index (χ2n) is 7.94. The van der Waals surface area contributed by atoms with Crippen molar-refractivity contribution in [1.29, 1.82) is 0 Å². The van der Waals surface area contributed by atoms with Gasteiger partial charge in [-0.05, 0) is 51.5 Å². The number of hydrogen-bond donors (Lipinski definition) is 2. The maximum atomic E-state index is 11.6. The van der Waals surface area contributed by atoms with Crippen LogP contribution in [0.4, 0.5) is 0 Å². The van der Waals surface area contributed by atoms with Gasteiger partial charge in [-0.1, -0.05) is 13.3 Å². The summed E-state index contributed by atoms with van der Waals surface area (Å²) in [5, 5.41) is 6.98. The van der Waals surface area contributed by atoms with Crippen LogP contribution < -0.4 is 10.6 Å². The van der Waals surface area contributed by atoms with Crippen LogP contribution in [0.15, 0.2) is 4.99 Å². The molecule has 0 aliphatic carbocycles. The van der Waals surface area contributed by atoms with Crippen molar-refractivity contribution in [1.82, 2.24) is 19.8 Å². The molecule has 0 aromatic heterocycles. The first-order valence-corrected chi connectivity index (χ1v) is 12.5. The third-order valence-electron chi connectivity index (χ3n) is 5.65. The Morgan fingerprint density at radius 2 is 1.74 bits per heavy atom. The highest BCUT2D eigenvalue weighted by molar-refractivity contribution is 7.88. The quantitative estimate of drug-likeness (QED) is 0.476. The summed E-state index contributed by atoms with van der Waals surface area (Å²) in [6.07, 6.45) is 7.98. The second kappa shape index (κ2) is 11.2. The number of aliphatic imine (C=N–C) groups is 1. The average Bonchev–Trinajstić information content (AvgIpc) is 2.65. The normalized spacial score (nSPS) is 22.1. The molecule has 0 bridgehead atoms. The van der Waals surface area contributed by atoms with Crippen LogP contribution in [-0.2, 0) is 10.0 Å². The van der Waals surface area contributed by atoms with Gasteiger partial charge in [0.25, 0.3) is 0 Å². The van der Waals surface area contributed by atoms with Gasteiger partial charge in [-0.2, -0.15) is 0 Å². The van der Waals surface area contributed by atoms with Gasteiger partial charge >= 0.3 is 0 Å². The molecule has 2 aliphatic rings. The van der Waals surface area contributed by atoms with Crippen molar-refractivity contribution in [3.63, 3.8) is 0 Å². The first-order chi connectivity index (χ1) is 12.9. The summed E-state index contributed by atoms with van der Waals surface area (Å²) in [7, 11) is -3.05. The maximum absolute atomic E-state index is 11.6.